The highest BCUT2D eigenvalue weighted by molar-refractivity contribution is 6.31. The minimum absolute atomic E-state index is 0.0412. The van der Waals surface area contributed by atoms with E-state index in [0.717, 1.165) is 0 Å². The Morgan fingerprint density at radius 2 is 1.06 bits per heavy atom. The minimum atomic E-state index is 0.0412. The van der Waals surface area contributed by atoms with Crippen molar-refractivity contribution in [1.29, 1.82) is 0 Å². The molecule has 0 atom stereocenters. The number of benzene rings is 7. The lowest BCUT2D eigenvalue weighted by molar-refractivity contribution is 0.403. The van der Waals surface area contributed by atoms with Crippen molar-refractivity contribution in [3.63, 3.8) is 0 Å². The Bertz CT molecular complexity index is 2150. The molecule has 7 aromatic rings. The first-order valence-corrected chi connectivity index (χ1v) is 18.3. The first-order chi connectivity index (χ1) is 23.3. The van der Waals surface area contributed by atoms with E-state index in [9.17, 15) is 0 Å². The number of hydrogen-bond donors (Lipinski definition) is 0. The summed E-state index contributed by atoms with van der Waals surface area (Å²) in [7, 11) is 0. The van der Waals surface area contributed by atoms with Crippen LogP contribution in [0.25, 0.3) is 65.7 Å². The second-order valence-electron chi connectivity index (χ2n) is 14.0. The van der Waals surface area contributed by atoms with Crippen LogP contribution in [0.1, 0.15) is 89.2 Å². The molecule has 1 aliphatic carbocycles. The van der Waals surface area contributed by atoms with Crippen LogP contribution in [0.15, 0.2) is 121 Å². The van der Waals surface area contributed by atoms with E-state index in [4.69, 9.17) is 0 Å². The average molecular weight is 611 g/mol. The molecular weight excluding hydrogens is 565 g/mol. The maximum absolute atomic E-state index is 2.49. The molecule has 0 N–H and O–H groups in total. The second-order valence-corrected chi connectivity index (χ2v) is 14.0. The zero-order valence-corrected chi connectivity index (χ0v) is 28.1. The lowest BCUT2D eigenvalue weighted by Crippen LogP contribution is -2.26. The third-order valence-corrected chi connectivity index (χ3v) is 11.2. The Kier molecular flexibility index (Phi) is 8.06. The lowest BCUT2D eigenvalue weighted by atomic mass is 9.68. The average Bonchev–Trinajstić information content (AvgIpc) is 3.42. The van der Waals surface area contributed by atoms with Crippen LogP contribution in [0.4, 0.5) is 0 Å². The van der Waals surface area contributed by atoms with E-state index in [-0.39, 0.29) is 5.41 Å². The summed E-state index contributed by atoms with van der Waals surface area (Å²) in [5, 5.41) is 8.51. The summed E-state index contributed by atoms with van der Waals surface area (Å²) in [5.74, 6) is 0. The summed E-state index contributed by atoms with van der Waals surface area (Å²) >= 11 is 0. The van der Waals surface area contributed by atoms with Gasteiger partial charge in [-0.05, 0) is 95.7 Å². The molecule has 0 heterocycles. The number of fused-ring (bicyclic) bond motifs is 5. The first kappa shape index (κ1) is 29.9. The molecule has 0 radical (unpaired) electrons. The molecule has 0 saturated heterocycles. The number of hydrogen-bond acceptors (Lipinski definition) is 0. The van der Waals surface area contributed by atoms with E-state index in [1.165, 1.54) is 130 Å². The molecule has 0 unspecified atom stereocenters. The van der Waals surface area contributed by atoms with E-state index in [1.54, 1.807) is 11.1 Å². The van der Waals surface area contributed by atoms with Crippen molar-refractivity contribution in [2.75, 3.05) is 0 Å². The van der Waals surface area contributed by atoms with E-state index in [0.29, 0.717) is 0 Å². The van der Waals surface area contributed by atoms with Crippen LogP contribution in [0.5, 0.6) is 0 Å². The van der Waals surface area contributed by atoms with Crippen LogP contribution in [0.2, 0.25) is 0 Å². The molecule has 7 aromatic carbocycles. The maximum Gasteiger partial charge on any atom is 0.0221 e. The van der Waals surface area contributed by atoms with Crippen molar-refractivity contribution >= 4 is 32.3 Å². The molecular formula is C47H46. The molecule has 0 heteroatoms. The van der Waals surface area contributed by atoms with Crippen LogP contribution < -0.4 is 0 Å². The lowest BCUT2D eigenvalue weighted by Gasteiger charge is -2.34. The predicted octanol–water partition coefficient (Wildman–Crippen LogP) is 14.1. The summed E-state index contributed by atoms with van der Waals surface area (Å²) in [4.78, 5) is 0. The van der Waals surface area contributed by atoms with Gasteiger partial charge in [0.1, 0.15) is 0 Å². The predicted molar refractivity (Wildman–Crippen MR) is 205 cm³/mol. The fourth-order valence-corrected chi connectivity index (χ4v) is 9.13. The molecule has 0 aromatic heterocycles. The van der Waals surface area contributed by atoms with Crippen molar-refractivity contribution in [3.05, 3.63) is 132 Å². The second kappa shape index (κ2) is 12.6. The molecule has 47 heavy (non-hydrogen) atoms. The molecule has 0 aliphatic heterocycles. The smallest absolute Gasteiger partial charge is 0.0221 e. The molecule has 1 aliphatic rings. The highest BCUT2D eigenvalue weighted by Crippen LogP contribution is 2.60. The van der Waals surface area contributed by atoms with E-state index in [1.807, 2.05) is 0 Å². The van der Waals surface area contributed by atoms with Gasteiger partial charge in [-0.2, -0.15) is 0 Å². The van der Waals surface area contributed by atoms with Gasteiger partial charge in [0.2, 0.25) is 0 Å². The molecule has 0 amide bonds. The highest BCUT2D eigenvalue weighted by Gasteiger charge is 2.44. The Morgan fingerprint density at radius 3 is 1.81 bits per heavy atom. The van der Waals surface area contributed by atoms with E-state index >= 15 is 0 Å². The normalized spacial score (nSPS) is 13.5. The Labute approximate surface area is 280 Å². The van der Waals surface area contributed by atoms with Crippen LogP contribution in [0, 0.1) is 0 Å². The van der Waals surface area contributed by atoms with Gasteiger partial charge in [-0.1, -0.05) is 180 Å². The molecule has 0 nitrogen and oxygen atoms in total. The quantitative estimate of drug-likeness (QED) is 0.0953. The van der Waals surface area contributed by atoms with E-state index in [2.05, 4.69) is 135 Å². The standard InChI is InChI=1S/C47H46/c1-3-5-7-16-30-47(31-17-8-6-4-2)42-29-15-14-25-38(42)45-39-27-18-22-34-32-41(37-26-19-28-40(46(45)47)44(37)43(34)39)36-24-13-12-23-35(36)33-20-10-9-11-21-33/h9-15,18-29,32H,3-8,16-17,30-31H2,1-2H3. The zero-order valence-electron chi connectivity index (χ0n) is 28.1. The van der Waals surface area contributed by atoms with Gasteiger partial charge in [-0.15, -0.1) is 0 Å². The minimum Gasteiger partial charge on any atom is -0.0654 e. The Hall–Kier alpha value is -4.42. The van der Waals surface area contributed by atoms with Crippen molar-refractivity contribution < 1.29 is 0 Å². The zero-order chi connectivity index (χ0) is 31.8. The largest absolute Gasteiger partial charge is 0.0654 e. The summed E-state index contributed by atoms with van der Waals surface area (Å²) < 4.78 is 0. The Morgan fingerprint density at radius 1 is 0.447 bits per heavy atom. The van der Waals surface area contributed by atoms with E-state index < -0.39 is 0 Å². The molecule has 0 spiro atoms. The molecule has 0 bridgehead atoms. The summed E-state index contributed by atoms with van der Waals surface area (Å²) in [6.45, 7) is 4.66. The van der Waals surface area contributed by atoms with Crippen molar-refractivity contribution in [3.8, 4) is 33.4 Å². The summed E-state index contributed by atoms with van der Waals surface area (Å²) in [6, 6.07) is 46.1. The van der Waals surface area contributed by atoms with Crippen LogP contribution >= 0.6 is 0 Å². The highest BCUT2D eigenvalue weighted by atomic mass is 14.5. The molecule has 0 saturated carbocycles. The van der Waals surface area contributed by atoms with Gasteiger partial charge in [0, 0.05) is 5.41 Å². The van der Waals surface area contributed by atoms with Gasteiger partial charge in [0.05, 0.1) is 0 Å². The van der Waals surface area contributed by atoms with Gasteiger partial charge in [0.15, 0.2) is 0 Å². The van der Waals surface area contributed by atoms with Gasteiger partial charge < -0.3 is 0 Å². The number of rotatable bonds is 12. The number of unbranched alkanes of at least 4 members (excludes halogenated alkanes) is 6. The van der Waals surface area contributed by atoms with Gasteiger partial charge in [-0.25, -0.2) is 0 Å². The van der Waals surface area contributed by atoms with Crippen LogP contribution in [-0.4, -0.2) is 0 Å². The van der Waals surface area contributed by atoms with Gasteiger partial charge >= 0.3 is 0 Å². The molecule has 234 valence electrons. The summed E-state index contributed by atoms with van der Waals surface area (Å²) in [6.07, 6.45) is 12.8. The Balaban J connectivity index is 1.45. The van der Waals surface area contributed by atoms with Crippen molar-refractivity contribution in [2.45, 2.75) is 83.5 Å². The van der Waals surface area contributed by atoms with Crippen molar-refractivity contribution in [2.24, 2.45) is 0 Å². The summed E-state index contributed by atoms with van der Waals surface area (Å²) in [5.41, 5.74) is 11.4. The topological polar surface area (TPSA) is 0 Å². The first-order valence-electron chi connectivity index (χ1n) is 18.3. The monoisotopic (exact) mass is 610 g/mol. The third-order valence-electron chi connectivity index (χ3n) is 11.2. The van der Waals surface area contributed by atoms with Crippen LogP contribution in [-0.2, 0) is 5.41 Å². The van der Waals surface area contributed by atoms with Gasteiger partial charge in [0.25, 0.3) is 0 Å². The van der Waals surface area contributed by atoms with Crippen molar-refractivity contribution in [1.82, 2.24) is 0 Å². The third kappa shape index (κ3) is 4.88. The van der Waals surface area contributed by atoms with Crippen LogP contribution in [0.3, 0.4) is 0 Å². The maximum atomic E-state index is 2.49. The fourth-order valence-electron chi connectivity index (χ4n) is 9.13. The molecule has 0 fully saturated rings. The molecule has 8 rings (SSSR count). The van der Waals surface area contributed by atoms with Gasteiger partial charge in [-0.3, -0.25) is 0 Å². The fraction of sp³-hybridized carbons (Fsp3) is 0.277. The SMILES string of the molecule is CCCCCCC1(CCCCCC)c2ccccc2-c2c1c1cccc3c(-c4ccccc4-c4ccccc4)cc4cccc2c4c31.